The predicted octanol–water partition coefficient (Wildman–Crippen LogP) is 5.12. The highest BCUT2D eigenvalue weighted by atomic mass is 79.9. The van der Waals surface area contributed by atoms with Gasteiger partial charge in [-0.3, -0.25) is 0 Å². The molecule has 0 aliphatic carbocycles. The molecule has 0 saturated carbocycles. The van der Waals surface area contributed by atoms with Gasteiger partial charge in [-0.2, -0.15) is 0 Å². The van der Waals surface area contributed by atoms with Crippen LogP contribution in [-0.2, 0) is 0 Å². The molecule has 0 amide bonds. The van der Waals surface area contributed by atoms with Crippen LogP contribution in [0.15, 0.2) is 40.9 Å². The van der Waals surface area contributed by atoms with E-state index in [-0.39, 0.29) is 10.5 Å². The Morgan fingerprint density at radius 1 is 1.10 bits per heavy atom. The smallest absolute Gasteiger partial charge is 0.173 e. The van der Waals surface area contributed by atoms with E-state index in [0.717, 1.165) is 24.1 Å². The van der Waals surface area contributed by atoms with E-state index in [4.69, 9.17) is 0 Å². The van der Waals surface area contributed by atoms with Crippen LogP contribution in [0.4, 0.5) is 8.78 Å². The molecule has 0 aromatic heterocycles. The number of benzene rings is 2. The largest absolute Gasteiger partial charge is 0.306 e. The third kappa shape index (κ3) is 3.50. The van der Waals surface area contributed by atoms with Crippen molar-refractivity contribution >= 4 is 15.9 Å². The fraction of sp³-hybridized carbons (Fsp3) is 0.294. The fourth-order valence-electron chi connectivity index (χ4n) is 2.35. The molecule has 1 N–H and O–H groups in total. The summed E-state index contributed by atoms with van der Waals surface area (Å²) >= 11 is 3.19. The number of aryl methyl sites for hydroxylation is 1. The van der Waals surface area contributed by atoms with Crippen LogP contribution in [0.5, 0.6) is 0 Å². The van der Waals surface area contributed by atoms with E-state index in [1.807, 2.05) is 31.2 Å². The molecule has 0 bridgehead atoms. The lowest BCUT2D eigenvalue weighted by atomic mass is 9.94. The van der Waals surface area contributed by atoms with E-state index in [0.29, 0.717) is 5.56 Å². The van der Waals surface area contributed by atoms with Crippen molar-refractivity contribution < 1.29 is 8.78 Å². The average molecular weight is 354 g/mol. The maximum atomic E-state index is 13.8. The summed E-state index contributed by atoms with van der Waals surface area (Å²) < 4.78 is 27.4. The number of hydrogen-bond acceptors (Lipinski definition) is 1. The lowest BCUT2D eigenvalue weighted by Gasteiger charge is -2.23. The van der Waals surface area contributed by atoms with Crippen molar-refractivity contribution in [3.63, 3.8) is 0 Å². The summed E-state index contributed by atoms with van der Waals surface area (Å²) in [5, 5.41) is 3.41. The van der Waals surface area contributed by atoms with Gasteiger partial charge in [0.05, 0.1) is 10.5 Å². The van der Waals surface area contributed by atoms with Crippen molar-refractivity contribution in [3.8, 4) is 0 Å². The maximum absolute atomic E-state index is 13.8. The van der Waals surface area contributed by atoms with E-state index in [1.165, 1.54) is 6.07 Å². The Morgan fingerprint density at radius 2 is 1.81 bits per heavy atom. The van der Waals surface area contributed by atoms with Crippen molar-refractivity contribution in [2.45, 2.75) is 26.3 Å². The maximum Gasteiger partial charge on any atom is 0.173 e. The first-order valence-electron chi connectivity index (χ1n) is 6.98. The molecule has 0 radical (unpaired) electrons. The van der Waals surface area contributed by atoms with Gasteiger partial charge < -0.3 is 5.32 Å². The zero-order valence-corrected chi connectivity index (χ0v) is 13.7. The first-order valence-corrected chi connectivity index (χ1v) is 7.77. The molecule has 0 aliphatic rings. The van der Waals surface area contributed by atoms with Crippen LogP contribution in [0.25, 0.3) is 0 Å². The van der Waals surface area contributed by atoms with E-state index >= 15 is 0 Å². The van der Waals surface area contributed by atoms with Gasteiger partial charge in [0.25, 0.3) is 0 Å². The Morgan fingerprint density at radius 3 is 2.48 bits per heavy atom. The topological polar surface area (TPSA) is 12.0 Å². The normalized spacial score (nSPS) is 12.4. The van der Waals surface area contributed by atoms with Gasteiger partial charge in [0.1, 0.15) is 0 Å². The Hall–Kier alpha value is -1.26. The molecule has 1 nitrogen and oxygen atoms in total. The highest BCUT2D eigenvalue weighted by molar-refractivity contribution is 9.10. The molecule has 2 aromatic carbocycles. The summed E-state index contributed by atoms with van der Waals surface area (Å²) in [5.41, 5.74) is 2.89. The number of halogens is 3. The average Bonchev–Trinajstić information content (AvgIpc) is 2.48. The van der Waals surface area contributed by atoms with Gasteiger partial charge in [0.15, 0.2) is 11.6 Å². The zero-order chi connectivity index (χ0) is 15.4. The Balaban J connectivity index is 2.51. The number of rotatable bonds is 5. The highest BCUT2D eigenvalue weighted by Crippen LogP contribution is 2.32. The number of hydrogen-bond donors (Lipinski definition) is 1. The zero-order valence-electron chi connectivity index (χ0n) is 12.1. The van der Waals surface area contributed by atoms with Gasteiger partial charge >= 0.3 is 0 Å². The summed E-state index contributed by atoms with van der Waals surface area (Å²) in [5.74, 6) is -1.69. The molecule has 112 valence electrons. The minimum absolute atomic E-state index is 0.171. The Kier molecular flexibility index (Phi) is 5.48. The molecule has 0 saturated heterocycles. The quantitative estimate of drug-likeness (QED) is 0.735. The molecule has 1 unspecified atom stereocenters. The number of nitrogens with one attached hydrogen (secondary N) is 1. The first-order chi connectivity index (χ1) is 10.1. The molecule has 0 aliphatic heterocycles. The van der Waals surface area contributed by atoms with Crippen LogP contribution in [0.3, 0.4) is 0 Å². The third-order valence-electron chi connectivity index (χ3n) is 3.47. The van der Waals surface area contributed by atoms with Gasteiger partial charge in [-0.15, -0.1) is 0 Å². The third-order valence-corrected chi connectivity index (χ3v) is 4.28. The summed E-state index contributed by atoms with van der Waals surface area (Å²) in [4.78, 5) is 0. The Labute approximate surface area is 132 Å². The van der Waals surface area contributed by atoms with Gasteiger partial charge in [0, 0.05) is 0 Å². The van der Waals surface area contributed by atoms with E-state index in [2.05, 4.69) is 28.2 Å². The van der Waals surface area contributed by atoms with Crippen molar-refractivity contribution in [1.29, 1.82) is 0 Å². The van der Waals surface area contributed by atoms with Crippen LogP contribution in [0, 0.1) is 18.6 Å². The summed E-state index contributed by atoms with van der Waals surface area (Å²) in [6.45, 7) is 4.89. The lowest BCUT2D eigenvalue weighted by Crippen LogP contribution is -2.24. The van der Waals surface area contributed by atoms with E-state index in [1.54, 1.807) is 6.07 Å². The van der Waals surface area contributed by atoms with Crippen LogP contribution >= 0.6 is 15.9 Å². The van der Waals surface area contributed by atoms with Crippen LogP contribution in [0.1, 0.15) is 36.1 Å². The standard InChI is InChI=1S/C17H18BrF2N/c1-3-10-21-17(12-7-5-4-6-11(12)2)13-8-9-14(19)16(20)15(13)18/h4-9,17,21H,3,10H2,1-2H3. The van der Waals surface area contributed by atoms with Gasteiger partial charge in [0.2, 0.25) is 0 Å². The summed E-state index contributed by atoms with van der Waals surface area (Å²) in [6, 6.07) is 10.6. The molecule has 0 fully saturated rings. The van der Waals surface area contributed by atoms with Gasteiger partial charge in [-0.1, -0.05) is 37.3 Å². The molecule has 0 spiro atoms. The van der Waals surface area contributed by atoms with Crippen LogP contribution < -0.4 is 5.32 Å². The van der Waals surface area contributed by atoms with Crippen molar-refractivity contribution in [2.75, 3.05) is 6.54 Å². The van der Waals surface area contributed by atoms with Crippen molar-refractivity contribution in [1.82, 2.24) is 5.32 Å². The molecule has 1 atom stereocenters. The van der Waals surface area contributed by atoms with E-state index in [9.17, 15) is 8.78 Å². The first kappa shape index (κ1) is 16.1. The fourth-order valence-corrected chi connectivity index (χ4v) is 2.90. The molecule has 2 aromatic rings. The highest BCUT2D eigenvalue weighted by Gasteiger charge is 2.21. The molecule has 4 heteroatoms. The molecule has 0 heterocycles. The molecular weight excluding hydrogens is 336 g/mol. The van der Waals surface area contributed by atoms with Crippen LogP contribution in [-0.4, -0.2) is 6.54 Å². The van der Waals surface area contributed by atoms with Gasteiger partial charge in [-0.05, 0) is 58.6 Å². The van der Waals surface area contributed by atoms with Crippen molar-refractivity contribution in [2.24, 2.45) is 0 Å². The van der Waals surface area contributed by atoms with Gasteiger partial charge in [-0.25, -0.2) is 8.78 Å². The van der Waals surface area contributed by atoms with E-state index < -0.39 is 11.6 Å². The molecular formula is C17H18BrF2N. The molecule has 21 heavy (non-hydrogen) atoms. The SMILES string of the molecule is CCCNC(c1ccccc1C)c1ccc(F)c(F)c1Br. The predicted molar refractivity (Wildman–Crippen MR) is 85.4 cm³/mol. The molecule has 2 rings (SSSR count). The lowest BCUT2D eigenvalue weighted by molar-refractivity contribution is 0.497. The monoisotopic (exact) mass is 353 g/mol. The minimum atomic E-state index is -0.843. The minimum Gasteiger partial charge on any atom is -0.306 e. The Bertz CT molecular complexity index is 628. The second kappa shape index (κ2) is 7.14. The second-order valence-corrected chi connectivity index (χ2v) is 5.80. The van der Waals surface area contributed by atoms with Crippen LogP contribution in [0.2, 0.25) is 0 Å². The summed E-state index contributed by atoms with van der Waals surface area (Å²) in [6.07, 6.45) is 0.962. The second-order valence-electron chi connectivity index (χ2n) is 5.01. The summed E-state index contributed by atoms with van der Waals surface area (Å²) in [7, 11) is 0. The van der Waals surface area contributed by atoms with Crippen molar-refractivity contribution in [3.05, 3.63) is 69.2 Å².